The maximum Gasteiger partial charge on any atom is 0.306 e. The Kier molecular flexibility index (Phi) is 3.69. The average molecular weight is 329 g/mol. The van der Waals surface area contributed by atoms with Gasteiger partial charge < -0.3 is 8.75 Å². The molecule has 0 N–H and O–H groups in total. The van der Waals surface area contributed by atoms with Crippen LogP contribution in [0.1, 0.15) is 0 Å². The highest BCUT2D eigenvalue weighted by atomic mass is 32.2. The van der Waals surface area contributed by atoms with Crippen LogP contribution in [0.5, 0.6) is 5.75 Å². The Labute approximate surface area is 133 Å². The van der Waals surface area contributed by atoms with Gasteiger partial charge in [0.2, 0.25) is 11.2 Å². The van der Waals surface area contributed by atoms with Gasteiger partial charge >= 0.3 is 10.1 Å². The Morgan fingerprint density at radius 1 is 1.00 bits per heavy atom. The molecule has 118 valence electrons. The molecular formula is C17H15NO4S. The molecule has 0 bridgehead atoms. The molecule has 0 aliphatic heterocycles. The van der Waals surface area contributed by atoms with Gasteiger partial charge in [0.25, 0.3) is 0 Å². The second kappa shape index (κ2) is 5.55. The van der Waals surface area contributed by atoms with Crippen LogP contribution in [0.25, 0.3) is 22.0 Å². The van der Waals surface area contributed by atoms with E-state index in [0.717, 1.165) is 17.4 Å². The highest BCUT2D eigenvalue weighted by Gasteiger charge is 2.13. The maximum absolute atomic E-state index is 12.4. The third kappa shape index (κ3) is 3.12. The van der Waals surface area contributed by atoms with Gasteiger partial charge in [-0.2, -0.15) is 8.42 Å². The molecule has 3 rings (SSSR count). The van der Waals surface area contributed by atoms with Gasteiger partial charge in [0.05, 0.1) is 18.0 Å². The maximum atomic E-state index is 12.4. The van der Waals surface area contributed by atoms with E-state index >= 15 is 0 Å². The van der Waals surface area contributed by atoms with E-state index in [0.29, 0.717) is 10.9 Å². The summed E-state index contributed by atoms with van der Waals surface area (Å²) in [5, 5.41) is 0.410. The fourth-order valence-electron chi connectivity index (χ4n) is 2.48. The molecule has 6 heteroatoms. The van der Waals surface area contributed by atoms with Crippen molar-refractivity contribution < 1.29 is 12.6 Å². The lowest BCUT2D eigenvalue weighted by Gasteiger charge is -2.10. The van der Waals surface area contributed by atoms with Gasteiger partial charge in [0.15, 0.2) is 0 Å². The molecule has 0 atom stereocenters. The van der Waals surface area contributed by atoms with E-state index < -0.39 is 15.5 Å². The van der Waals surface area contributed by atoms with E-state index in [-0.39, 0.29) is 5.75 Å². The van der Waals surface area contributed by atoms with Crippen LogP contribution < -0.4 is 9.61 Å². The van der Waals surface area contributed by atoms with E-state index in [1.807, 2.05) is 42.5 Å². The Morgan fingerprint density at radius 3 is 2.35 bits per heavy atom. The first-order valence-corrected chi connectivity index (χ1v) is 8.75. The Hall–Kier alpha value is -2.60. The zero-order valence-corrected chi connectivity index (χ0v) is 13.5. The highest BCUT2D eigenvalue weighted by Crippen LogP contribution is 2.24. The molecule has 0 saturated carbocycles. The standard InChI is InChI=1S/C17H15NO4S/c1-18-11-16(22-23(2,20)21)17(19)14-9-8-13(10-15(14)18)12-6-4-3-5-7-12/h3-11H,1-2H3. The van der Waals surface area contributed by atoms with Crippen LogP contribution in [0.3, 0.4) is 0 Å². The minimum atomic E-state index is -3.75. The first-order chi connectivity index (χ1) is 10.8. The summed E-state index contributed by atoms with van der Waals surface area (Å²) < 4.78 is 29.0. The minimum absolute atomic E-state index is 0.199. The molecule has 0 saturated heterocycles. The number of fused-ring (bicyclic) bond motifs is 1. The quantitative estimate of drug-likeness (QED) is 0.693. The first-order valence-electron chi connectivity index (χ1n) is 6.93. The van der Waals surface area contributed by atoms with Crippen molar-refractivity contribution in [1.29, 1.82) is 0 Å². The fraction of sp³-hybridized carbons (Fsp3) is 0.118. The van der Waals surface area contributed by atoms with E-state index in [1.54, 1.807) is 17.7 Å². The number of pyridine rings is 1. The van der Waals surface area contributed by atoms with E-state index in [4.69, 9.17) is 4.18 Å². The van der Waals surface area contributed by atoms with Crippen molar-refractivity contribution in [1.82, 2.24) is 4.57 Å². The van der Waals surface area contributed by atoms with Crippen molar-refractivity contribution in [2.75, 3.05) is 6.26 Å². The predicted octanol–water partition coefficient (Wildman–Crippen LogP) is 2.54. The largest absolute Gasteiger partial charge is 0.377 e. The predicted molar refractivity (Wildman–Crippen MR) is 90.1 cm³/mol. The number of aryl methyl sites for hydroxylation is 1. The van der Waals surface area contributed by atoms with Crippen molar-refractivity contribution >= 4 is 21.0 Å². The summed E-state index contributed by atoms with van der Waals surface area (Å²) in [4.78, 5) is 12.4. The smallest absolute Gasteiger partial charge is 0.306 e. The fourth-order valence-corrected chi connectivity index (χ4v) is 2.93. The molecule has 0 aliphatic rings. The van der Waals surface area contributed by atoms with Crippen molar-refractivity contribution in [2.45, 2.75) is 0 Å². The van der Waals surface area contributed by atoms with Gasteiger partial charge in [0, 0.05) is 12.4 Å². The lowest BCUT2D eigenvalue weighted by Crippen LogP contribution is -2.16. The SMILES string of the molecule is Cn1cc(OS(C)(=O)=O)c(=O)c2ccc(-c3ccccc3)cc21. The molecular weight excluding hydrogens is 314 g/mol. The lowest BCUT2D eigenvalue weighted by atomic mass is 10.0. The van der Waals surface area contributed by atoms with Crippen LogP contribution in [0, 0.1) is 0 Å². The van der Waals surface area contributed by atoms with Crippen molar-refractivity contribution in [2.24, 2.45) is 7.05 Å². The molecule has 0 spiro atoms. The number of hydrogen-bond donors (Lipinski definition) is 0. The molecule has 23 heavy (non-hydrogen) atoms. The zero-order chi connectivity index (χ0) is 16.6. The van der Waals surface area contributed by atoms with E-state index in [1.165, 1.54) is 6.20 Å². The normalized spacial score (nSPS) is 11.6. The Bertz CT molecular complexity index is 1040. The number of hydrogen-bond acceptors (Lipinski definition) is 4. The number of aromatic nitrogens is 1. The van der Waals surface area contributed by atoms with Gasteiger partial charge in [-0.3, -0.25) is 4.79 Å². The summed E-state index contributed by atoms with van der Waals surface area (Å²) in [7, 11) is -2.01. The second-order valence-corrected chi connectivity index (χ2v) is 6.89. The molecule has 0 unspecified atom stereocenters. The molecule has 0 radical (unpaired) electrons. The summed E-state index contributed by atoms with van der Waals surface area (Å²) >= 11 is 0. The third-order valence-corrected chi connectivity index (χ3v) is 3.99. The van der Waals surface area contributed by atoms with Crippen LogP contribution in [-0.4, -0.2) is 19.2 Å². The van der Waals surface area contributed by atoms with Gasteiger partial charge in [0.1, 0.15) is 0 Å². The molecule has 0 fully saturated rings. The van der Waals surface area contributed by atoms with Crippen molar-refractivity contribution in [3.63, 3.8) is 0 Å². The van der Waals surface area contributed by atoms with Gasteiger partial charge in [-0.25, -0.2) is 0 Å². The highest BCUT2D eigenvalue weighted by molar-refractivity contribution is 7.86. The number of benzene rings is 2. The Morgan fingerprint density at radius 2 is 1.70 bits per heavy atom. The molecule has 0 aliphatic carbocycles. The first kappa shape index (κ1) is 15.3. The summed E-state index contributed by atoms with van der Waals surface area (Å²) in [5.74, 6) is -0.199. The summed E-state index contributed by atoms with van der Waals surface area (Å²) in [6, 6.07) is 15.2. The van der Waals surface area contributed by atoms with Crippen LogP contribution >= 0.6 is 0 Å². The molecule has 2 aromatic carbocycles. The monoisotopic (exact) mass is 329 g/mol. The zero-order valence-electron chi connectivity index (χ0n) is 12.7. The van der Waals surface area contributed by atoms with Crippen LogP contribution in [0.15, 0.2) is 59.5 Å². The number of nitrogens with zero attached hydrogens (tertiary/aromatic N) is 1. The van der Waals surface area contributed by atoms with Gasteiger partial charge in [-0.15, -0.1) is 0 Å². The average Bonchev–Trinajstić information content (AvgIpc) is 2.51. The summed E-state index contributed by atoms with van der Waals surface area (Å²) in [6.45, 7) is 0. The number of rotatable bonds is 3. The van der Waals surface area contributed by atoms with Crippen LogP contribution in [-0.2, 0) is 17.2 Å². The van der Waals surface area contributed by atoms with Crippen LogP contribution in [0.2, 0.25) is 0 Å². The van der Waals surface area contributed by atoms with Crippen molar-refractivity contribution in [3.05, 3.63) is 65.0 Å². The molecule has 1 heterocycles. The Balaban J connectivity index is 2.21. The second-order valence-electron chi connectivity index (χ2n) is 5.32. The van der Waals surface area contributed by atoms with Gasteiger partial charge in [-0.1, -0.05) is 36.4 Å². The third-order valence-electron chi connectivity index (χ3n) is 3.51. The lowest BCUT2D eigenvalue weighted by molar-refractivity contribution is 0.488. The molecule has 0 amide bonds. The summed E-state index contributed by atoms with van der Waals surface area (Å²) in [6.07, 6.45) is 2.30. The van der Waals surface area contributed by atoms with E-state index in [9.17, 15) is 13.2 Å². The molecule has 3 aromatic rings. The minimum Gasteiger partial charge on any atom is -0.377 e. The van der Waals surface area contributed by atoms with Crippen molar-refractivity contribution in [3.8, 4) is 16.9 Å². The van der Waals surface area contributed by atoms with Gasteiger partial charge in [-0.05, 0) is 23.3 Å². The van der Waals surface area contributed by atoms with E-state index in [2.05, 4.69) is 0 Å². The van der Waals surface area contributed by atoms with Crippen LogP contribution in [0.4, 0.5) is 0 Å². The summed E-state index contributed by atoms with van der Waals surface area (Å²) in [5.41, 5.74) is 2.28. The molecule has 5 nitrogen and oxygen atoms in total. The molecule has 1 aromatic heterocycles. The topological polar surface area (TPSA) is 65.4 Å².